The van der Waals surface area contributed by atoms with E-state index in [2.05, 4.69) is 152 Å². The van der Waals surface area contributed by atoms with Crippen molar-refractivity contribution in [3.63, 3.8) is 0 Å². The number of para-hydroxylation sites is 4. The van der Waals surface area contributed by atoms with Crippen LogP contribution in [0.25, 0.3) is 43.9 Å². The summed E-state index contributed by atoms with van der Waals surface area (Å²) in [5.74, 6) is 1.62. The number of fused-ring (bicyclic) bond motifs is 8. The number of hydrogen-bond donors (Lipinski definition) is 0. The van der Waals surface area contributed by atoms with Gasteiger partial charge >= 0.3 is 0 Å². The molecule has 12 rings (SSSR count). The Morgan fingerprint density at radius 3 is 1.38 bits per heavy atom. The lowest BCUT2D eigenvalue weighted by Gasteiger charge is -2.47. The molecule has 0 bridgehead atoms. The van der Waals surface area contributed by atoms with Crippen molar-refractivity contribution in [2.24, 2.45) is 0 Å². The van der Waals surface area contributed by atoms with Gasteiger partial charge in [-0.3, -0.25) is 0 Å². The van der Waals surface area contributed by atoms with Crippen LogP contribution in [0.15, 0.2) is 142 Å². The second-order valence-corrected chi connectivity index (χ2v) is 15.3. The Balaban J connectivity index is 1.33. The Hall–Kier alpha value is -6.40. The zero-order valence-corrected chi connectivity index (χ0v) is 28.9. The molecule has 3 aliphatic rings. The normalized spacial score (nSPS) is 14.1. The van der Waals surface area contributed by atoms with Gasteiger partial charge in [-0.05, 0) is 75.9 Å². The molecule has 5 nitrogen and oxygen atoms in total. The van der Waals surface area contributed by atoms with E-state index in [4.69, 9.17) is 13.6 Å². The monoisotopic (exact) mass is 670 g/mol. The van der Waals surface area contributed by atoms with Gasteiger partial charge in [0.05, 0.1) is 22.1 Å². The molecule has 0 amide bonds. The Bertz CT molecular complexity index is 2800. The van der Waals surface area contributed by atoms with Crippen LogP contribution in [0.2, 0.25) is 0 Å². The third-order valence-corrected chi connectivity index (χ3v) is 11.3. The SMILES string of the molecule is CC(C)(C)c1cc2c3c(c1)N(c1ccccc1)c1c4c(cc5oc6ccccc6c15)Oc1cc5oc6ccccc6c5c(c1B34)N2c1ccccc1. The second-order valence-electron chi connectivity index (χ2n) is 15.3. The van der Waals surface area contributed by atoms with Crippen molar-refractivity contribution >= 4 is 101 Å². The van der Waals surface area contributed by atoms with Crippen molar-refractivity contribution in [3.8, 4) is 11.5 Å². The predicted molar refractivity (Wildman–Crippen MR) is 214 cm³/mol. The maximum Gasteiger partial charge on any atom is 0.261 e. The van der Waals surface area contributed by atoms with E-state index in [1.54, 1.807) is 0 Å². The van der Waals surface area contributed by atoms with Crippen LogP contribution in [0.4, 0.5) is 34.1 Å². The molecule has 6 heteroatoms. The average Bonchev–Trinajstić information content (AvgIpc) is 3.72. The third-order valence-electron chi connectivity index (χ3n) is 11.3. The standard InChI is InChI=1S/C46H31BN2O3/c1-46(2,3)26-22-31-41-32(23-26)49(28-16-8-5-9-17-28)45-40-30-19-11-13-21-34(30)51-36(40)25-38-43(45)47(41)42-37(52-38)24-35-39(29-18-10-12-20-33(29)50-35)44(42)48(31)27-14-6-4-7-15-27/h4-25H,1-3H3. The predicted octanol–water partition coefficient (Wildman–Crippen LogP) is 11.0. The number of anilines is 6. The molecule has 0 N–H and O–H groups in total. The van der Waals surface area contributed by atoms with Crippen LogP contribution in [-0.4, -0.2) is 6.71 Å². The van der Waals surface area contributed by atoms with E-state index >= 15 is 0 Å². The molecule has 0 saturated carbocycles. The molecule has 3 aliphatic heterocycles. The summed E-state index contributed by atoms with van der Waals surface area (Å²) in [6, 6.07) is 47.4. The number of nitrogens with zero attached hydrogens (tertiary/aromatic N) is 2. The van der Waals surface area contributed by atoms with Crippen LogP contribution in [0, 0.1) is 0 Å². The number of furan rings is 2. The first-order chi connectivity index (χ1) is 25.4. The van der Waals surface area contributed by atoms with Crippen LogP contribution in [0.5, 0.6) is 11.5 Å². The molecule has 0 unspecified atom stereocenters. The lowest BCUT2D eigenvalue weighted by Crippen LogP contribution is -2.63. The van der Waals surface area contributed by atoms with Crippen LogP contribution in [-0.2, 0) is 5.41 Å². The Labute approximate surface area is 300 Å². The van der Waals surface area contributed by atoms with E-state index < -0.39 is 0 Å². The number of ether oxygens (including phenoxy) is 1. The zero-order chi connectivity index (χ0) is 34.5. The topological polar surface area (TPSA) is 42.0 Å². The summed E-state index contributed by atoms with van der Waals surface area (Å²) in [5.41, 5.74) is 14.8. The van der Waals surface area contributed by atoms with Gasteiger partial charge in [-0.15, -0.1) is 0 Å². The lowest BCUT2D eigenvalue weighted by molar-refractivity contribution is 0.486. The molecule has 0 aliphatic carbocycles. The first-order valence-corrected chi connectivity index (χ1v) is 18.0. The maximum atomic E-state index is 7.13. The molecule has 5 heterocycles. The molecule has 0 radical (unpaired) electrons. The molecular weight excluding hydrogens is 639 g/mol. The molecule has 2 aromatic heterocycles. The smallest absolute Gasteiger partial charge is 0.261 e. The van der Waals surface area contributed by atoms with E-state index in [0.29, 0.717) is 0 Å². The lowest BCUT2D eigenvalue weighted by atomic mass is 9.32. The fourth-order valence-corrected chi connectivity index (χ4v) is 9.11. The minimum absolute atomic E-state index is 0.0983. The fraction of sp³-hybridized carbons (Fsp3) is 0.0870. The highest BCUT2D eigenvalue weighted by Crippen LogP contribution is 2.54. The first-order valence-electron chi connectivity index (χ1n) is 18.0. The molecule has 7 aromatic carbocycles. The third kappa shape index (κ3) is 3.54. The molecule has 9 aromatic rings. The number of rotatable bonds is 2. The number of hydrogen-bond acceptors (Lipinski definition) is 5. The summed E-state index contributed by atoms with van der Waals surface area (Å²) in [6.07, 6.45) is 0. The highest BCUT2D eigenvalue weighted by Gasteiger charge is 2.51. The quantitative estimate of drug-likeness (QED) is 0.171. The average molecular weight is 671 g/mol. The summed E-state index contributed by atoms with van der Waals surface area (Å²) in [7, 11) is 0. The second kappa shape index (κ2) is 9.68. The summed E-state index contributed by atoms with van der Waals surface area (Å²) < 4.78 is 20.4. The highest BCUT2D eigenvalue weighted by molar-refractivity contribution is 7.02. The minimum Gasteiger partial charge on any atom is -0.458 e. The zero-order valence-electron chi connectivity index (χ0n) is 28.9. The van der Waals surface area contributed by atoms with Gasteiger partial charge in [-0.25, -0.2) is 0 Å². The van der Waals surface area contributed by atoms with Gasteiger partial charge in [-0.2, -0.15) is 0 Å². The largest absolute Gasteiger partial charge is 0.458 e. The molecule has 246 valence electrons. The van der Waals surface area contributed by atoms with Gasteiger partial charge in [-0.1, -0.05) is 93.6 Å². The Kier molecular flexibility index (Phi) is 5.27. The van der Waals surface area contributed by atoms with Gasteiger partial charge in [0, 0.05) is 45.7 Å². The fourth-order valence-electron chi connectivity index (χ4n) is 9.11. The first kappa shape index (κ1) is 28.3. The number of benzene rings is 7. The molecule has 0 fully saturated rings. The van der Waals surface area contributed by atoms with Crippen molar-refractivity contribution in [1.29, 1.82) is 0 Å². The van der Waals surface area contributed by atoms with E-state index in [9.17, 15) is 0 Å². The van der Waals surface area contributed by atoms with Crippen molar-refractivity contribution in [2.75, 3.05) is 9.80 Å². The van der Waals surface area contributed by atoms with Crippen molar-refractivity contribution in [3.05, 3.63) is 139 Å². The van der Waals surface area contributed by atoms with Crippen LogP contribution >= 0.6 is 0 Å². The van der Waals surface area contributed by atoms with Crippen LogP contribution in [0.3, 0.4) is 0 Å². The summed E-state index contributed by atoms with van der Waals surface area (Å²) in [5, 5.41) is 4.38. The Morgan fingerprint density at radius 1 is 0.481 bits per heavy atom. The summed E-state index contributed by atoms with van der Waals surface area (Å²) >= 11 is 0. The molecule has 0 saturated heterocycles. The van der Waals surface area contributed by atoms with E-state index in [1.165, 1.54) is 22.4 Å². The van der Waals surface area contributed by atoms with E-state index in [0.717, 1.165) is 89.1 Å². The van der Waals surface area contributed by atoms with Crippen molar-refractivity contribution < 1.29 is 13.6 Å². The van der Waals surface area contributed by atoms with Gasteiger partial charge in [0.2, 0.25) is 0 Å². The highest BCUT2D eigenvalue weighted by atomic mass is 16.5. The van der Waals surface area contributed by atoms with Gasteiger partial charge < -0.3 is 23.4 Å². The molecule has 52 heavy (non-hydrogen) atoms. The Morgan fingerprint density at radius 2 is 0.923 bits per heavy atom. The molecule has 0 spiro atoms. The van der Waals surface area contributed by atoms with Gasteiger partial charge in [0.1, 0.15) is 33.8 Å². The molecular formula is C46H31BN2O3. The van der Waals surface area contributed by atoms with Crippen molar-refractivity contribution in [2.45, 2.75) is 26.2 Å². The van der Waals surface area contributed by atoms with Gasteiger partial charge in [0.15, 0.2) is 0 Å². The van der Waals surface area contributed by atoms with Crippen LogP contribution < -0.4 is 30.9 Å². The van der Waals surface area contributed by atoms with Gasteiger partial charge in [0.25, 0.3) is 6.71 Å². The summed E-state index contributed by atoms with van der Waals surface area (Å²) in [4.78, 5) is 4.95. The summed E-state index contributed by atoms with van der Waals surface area (Å²) in [6.45, 7) is 6.83. The maximum absolute atomic E-state index is 7.13. The van der Waals surface area contributed by atoms with E-state index in [1.807, 2.05) is 12.1 Å². The molecule has 0 atom stereocenters. The van der Waals surface area contributed by atoms with E-state index in [-0.39, 0.29) is 12.1 Å². The minimum atomic E-state index is -0.133. The van der Waals surface area contributed by atoms with Crippen molar-refractivity contribution in [1.82, 2.24) is 0 Å². The van der Waals surface area contributed by atoms with Crippen LogP contribution in [0.1, 0.15) is 26.3 Å².